The number of rotatable bonds is 5. The fraction of sp³-hybridized carbons (Fsp3) is 0.562. The third-order valence-electron chi connectivity index (χ3n) is 4.32. The number of nitrogens with two attached hydrogens (primary N) is 1. The normalized spacial score (nSPS) is 18.2. The highest BCUT2D eigenvalue weighted by Crippen LogP contribution is 2.30. The van der Waals surface area contributed by atoms with E-state index >= 15 is 0 Å². The first kappa shape index (κ1) is 17.2. The van der Waals surface area contributed by atoms with Crippen LogP contribution in [0.3, 0.4) is 0 Å². The molecular weight excluding hydrogens is 321 g/mol. The Morgan fingerprint density at radius 2 is 1.96 bits per heavy atom. The van der Waals surface area contributed by atoms with Gasteiger partial charge in [-0.3, -0.25) is 0 Å². The van der Waals surface area contributed by atoms with Crippen molar-refractivity contribution in [3.05, 3.63) is 30.1 Å². The second-order valence-corrected chi connectivity index (χ2v) is 6.15. The molecule has 0 amide bonds. The number of nitrogens with one attached hydrogen (secondary N) is 1. The lowest BCUT2D eigenvalue weighted by molar-refractivity contribution is -0.174. The Bertz CT molecular complexity index is 692. The van der Waals surface area contributed by atoms with Gasteiger partial charge in [-0.2, -0.15) is 13.2 Å². The lowest BCUT2D eigenvalue weighted by atomic mass is 9.88. The van der Waals surface area contributed by atoms with Gasteiger partial charge in [-0.15, -0.1) is 0 Å². The summed E-state index contributed by atoms with van der Waals surface area (Å²) in [5.74, 6) is 0.723. The van der Waals surface area contributed by atoms with Crippen LogP contribution in [0, 0.1) is 0 Å². The summed E-state index contributed by atoms with van der Waals surface area (Å²) in [5.41, 5.74) is 7.66. The molecule has 1 aromatic heterocycles. The van der Waals surface area contributed by atoms with E-state index in [0.717, 1.165) is 42.8 Å². The average molecular weight is 342 g/mol. The molecule has 0 unspecified atom stereocenters. The summed E-state index contributed by atoms with van der Waals surface area (Å²) in [6.45, 7) is 0.598. The first-order valence-corrected chi connectivity index (χ1v) is 7.99. The molecule has 0 bridgehead atoms. The van der Waals surface area contributed by atoms with Crippen LogP contribution in [0.1, 0.15) is 18.7 Å². The maximum atomic E-state index is 12.2. The largest absolute Gasteiger partial charge is 0.411 e. The minimum Gasteiger partial charge on any atom is -0.370 e. The Hall–Kier alpha value is -1.64. The molecule has 2 aromatic rings. The fourth-order valence-electron chi connectivity index (χ4n) is 3.12. The Morgan fingerprint density at radius 1 is 1.25 bits per heavy atom. The molecule has 1 saturated heterocycles. The summed E-state index contributed by atoms with van der Waals surface area (Å²) in [6.07, 6.45) is -2.84. The third kappa shape index (κ3) is 3.71. The minimum absolute atomic E-state index is 0.0405. The number of hydrogen-bond acceptors (Lipinski definition) is 4. The van der Waals surface area contributed by atoms with E-state index in [1.54, 1.807) is 0 Å². The van der Waals surface area contributed by atoms with Gasteiger partial charge in [-0.05, 0) is 38.1 Å². The van der Waals surface area contributed by atoms with Crippen LogP contribution in [0.4, 0.5) is 13.2 Å². The number of fused-ring (bicyclic) bond motifs is 1. The highest BCUT2D eigenvalue weighted by molar-refractivity contribution is 5.76. The van der Waals surface area contributed by atoms with Gasteiger partial charge in [-0.1, -0.05) is 12.1 Å². The van der Waals surface area contributed by atoms with E-state index in [9.17, 15) is 13.2 Å². The second-order valence-electron chi connectivity index (χ2n) is 6.15. The molecular formula is C16H21F3N4O. The van der Waals surface area contributed by atoms with E-state index in [0.29, 0.717) is 0 Å². The lowest BCUT2D eigenvalue weighted by Crippen LogP contribution is -2.48. The van der Waals surface area contributed by atoms with Gasteiger partial charge in [0.25, 0.3) is 0 Å². The van der Waals surface area contributed by atoms with Gasteiger partial charge in [0.15, 0.2) is 0 Å². The first-order chi connectivity index (χ1) is 11.4. The van der Waals surface area contributed by atoms with E-state index in [1.807, 2.05) is 28.8 Å². The van der Waals surface area contributed by atoms with Crippen molar-refractivity contribution in [3.63, 3.8) is 0 Å². The monoisotopic (exact) mass is 342 g/mol. The Labute approximate surface area is 138 Å². The molecule has 1 fully saturated rings. The standard InChI is InChI=1S/C16H21F3N4O/c17-16(18,19)11-24-10-9-23-13-4-2-1-3-12(13)22-14(23)15(20)5-7-21-8-6-15/h1-4,21H,5-11,20H2. The zero-order valence-electron chi connectivity index (χ0n) is 13.3. The molecule has 1 aliphatic rings. The van der Waals surface area contributed by atoms with Crippen LogP contribution in [0.25, 0.3) is 11.0 Å². The second kappa shape index (κ2) is 6.70. The van der Waals surface area contributed by atoms with Gasteiger partial charge in [0.2, 0.25) is 0 Å². The average Bonchev–Trinajstić information content (AvgIpc) is 2.91. The predicted octanol–water partition coefficient (Wildman–Crippen LogP) is 2.15. The van der Waals surface area contributed by atoms with Crippen molar-refractivity contribution in [3.8, 4) is 0 Å². The van der Waals surface area contributed by atoms with Crippen LogP contribution in [0.5, 0.6) is 0 Å². The maximum absolute atomic E-state index is 12.2. The number of aromatic nitrogens is 2. The predicted molar refractivity (Wildman–Crippen MR) is 84.6 cm³/mol. The highest BCUT2D eigenvalue weighted by Gasteiger charge is 2.34. The van der Waals surface area contributed by atoms with Gasteiger partial charge in [0.1, 0.15) is 12.4 Å². The van der Waals surface area contributed by atoms with Crippen LogP contribution in [0.2, 0.25) is 0 Å². The molecule has 1 aromatic carbocycles. The van der Waals surface area contributed by atoms with Crippen molar-refractivity contribution < 1.29 is 17.9 Å². The first-order valence-electron chi connectivity index (χ1n) is 7.99. The number of benzene rings is 1. The molecule has 2 heterocycles. The molecule has 0 spiro atoms. The van der Waals surface area contributed by atoms with E-state index in [4.69, 9.17) is 10.5 Å². The molecule has 0 radical (unpaired) electrons. The van der Waals surface area contributed by atoms with Crippen LogP contribution in [-0.2, 0) is 16.8 Å². The molecule has 8 heteroatoms. The number of imidazole rings is 1. The zero-order chi connectivity index (χ0) is 17.2. The zero-order valence-corrected chi connectivity index (χ0v) is 13.3. The summed E-state index contributed by atoms with van der Waals surface area (Å²) in [7, 11) is 0. The number of piperidine rings is 1. The SMILES string of the molecule is NC1(c2nc3ccccc3n2CCOCC(F)(F)F)CCNCC1. The Balaban J connectivity index is 1.85. The minimum atomic E-state index is -4.32. The topological polar surface area (TPSA) is 65.1 Å². The third-order valence-corrected chi connectivity index (χ3v) is 4.32. The number of alkyl halides is 3. The van der Waals surface area contributed by atoms with E-state index in [2.05, 4.69) is 10.3 Å². The van der Waals surface area contributed by atoms with Gasteiger partial charge >= 0.3 is 6.18 Å². The van der Waals surface area contributed by atoms with Crippen LogP contribution in [-0.4, -0.2) is 42.0 Å². The van der Waals surface area contributed by atoms with E-state index in [1.165, 1.54) is 0 Å². The molecule has 3 rings (SSSR count). The van der Waals surface area contributed by atoms with Gasteiger partial charge < -0.3 is 20.4 Å². The molecule has 3 N–H and O–H groups in total. The number of para-hydroxylation sites is 2. The van der Waals surface area contributed by atoms with Gasteiger partial charge in [0.05, 0.1) is 23.2 Å². The molecule has 0 saturated carbocycles. The van der Waals surface area contributed by atoms with Crippen molar-refractivity contribution in [2.75, 3.05) is 26.3 Å². The quantitative estimate of drug-likeness (QED) is 0.818. The maximum Gasteiger partial charge on any atom is 0.411 e. The van der Waals surface area contributed by atoms with Crippen molar-refractivity contribution in [1.29, 1.82) is 0 Å². The van der Waals surface area contributed by atoms with E-state index in [-0.39, 0.29) is 13.2 Å². The Kier molecular flexibility index (Phi) is 4.80. The molecule has 0 atom stereocenters. The Morgan fingerprint density at radius 3 is 2.67 bits per heavy atom. The lowest BCUT2D eigenvalue weighted by Gasteiger charge is -2.33. The number of hydrogen-bond donors (Lipinski definition) is 2. The molecule has 5 nitrogen and oxygen atoms in total. The van der Waals surface area contributed by atoms with Crippen LogP contribution >= 0.6 is 0 Å². The molecule has 0 aliphatic carbocycles. The molecule has 24 heavy (non-hydrogen) atoms. The van der Waals surface area contributed by atoms with Crippen LogP contribution < -0.4 is 11.1 Å². The van der Waals surface area contributed by atoms with Gasteiger partial charge in [0, 0.05) is 6.54 Å². The highest BCUT2D eigenvalue weighted by atomic mass is 19.4. The fourth-order valence-corrected chi connectivity index (χ4v) is 3.12. The summed E-state index contributed by atoms with van der Waals surface area (Å²) in [6, 6.07) is 7.55. The van der Waals surface area contributed by atoms with Crippen molar-refractivity contribution in [1.82, 2.24) is 14.9 Å². The van der Waals surface area contributed by atoms with Crippen molar-refractivity contribution in [2.24, 2.45) is 5.73 Å². The number of ether oxygens (including phenoxy) is 1. The number of nitrogens with zero attached hydrogens (tertiary/aromatic N) is 2. The molecule has 1 aliphatic heterocycles. The number of halogens is 3. The van der Waals surface area contributed by atoms with Crippen molar-refractivity contribution in [2.45, 2.75) is 31.1 Å². The molecule has 132 valence electrons. The summed E-state index contributed by atoms with van der Waals surface area (Å²) in [4.78, 5) is 4.67. The smallest absolute Gasteiger partial charge is 0.370 e. The summed E-state index contributed by atoms with van der Waals surface area (Å²) >= 11 is 0. The summed E-state index contributed by atoms with van der Waals surface area (Å²) < 4.78 is 43.4. The summed E-state index contributed by atoms with van der Waals surface area (Å²) in [5, 5.41) is 3.27. The van der Waals surface area contributed by atoms with Crippen molar-refractivity contribution >= 4 is 11.0 Å². The van der Waals surface area contributed by atoms with Crippen LogP contribution in [0.15, 0.2) is 24.3 Å². The van der Waals surface area contributed by atoms with Gasteiger partial charge in [-0.25, -0.2) is 4.98 Å². The van der Waals surface area contributed by atoms with E-state index < -0.39 is 18.3 Å².